The number of rotatable bonds is 7. The van der Waals surface area contributed by atoms with Crippen molar-refractivity contribution in [3.63, 3.8) is 0 Å². The molecule has 0 saturated heterocycles. The topological polar surface area (TPSA) is 3.24 Å². The summed E-state index contributed by atoms with van der Waals surface area (Å²) >= 11 is 6.81. The molecule has 0 saturated carbocycles. The quantitative estimate of drug-likeness (QED) is 0.273. The van der Waals surface area contributed by atoms with Crippen molar-refractivity contribution in [3.05, 3.63) is 104 Å². The van der Waals surface area contributed by atoms with E-state index in [0.717, 1.165) is 28.6 Å². The Morgan fingerprint density at radius 2 is 1.26 bits per heavy atom. The second kappa shape index (κ2) is 10.8. The molecule has 3 aromatic rings. The summed E-state index contributed by atoms with van der Waals surface area (Å²) in [7, 11) is 6.05. The molecule has 0 atom stereocenters. The van der Waals surface area contributed by atoms with Crippen LogP contribution in [0, 0.1) is 0 Å². The van der Waals surface area contributed by atoms with Crippen molar-refractivity contribution < 1.29 is 15.7 Å². The molecule has 0 fully saturated rings. The summed E-state index contributed by atoms with van der Waals surface area (Å²) in [5.74, 6) is 0. The molecule has 3 aromatic carbocycles. The molecule has 0 bridgehead atoms. The normalized spacial score (nSPS) is 11.7. The van der Waals surface area contributed by atoms with Gasteiger partial charge in [0.2, 0.25) is 0 Å². The van der Waals surface area contributed by atoms with Crippen molar-refractivity contribution in [1.29, 1.82) is 0 Å². The van der Waals surface area contributed by atoms with Gasteiger partial charge in [-0.2, -0.15) is 0 Å². The van der Waals surface area contributed by atoms with Gasteiger partial charge in [-0.1, -0.05) is 0 Å². The zero-order valence-electron chi connectivity index (χ0n) is 14.6. The van der Waals surface area contributed by atoms with Gasteiger partial charge in [-0.15, -0.1) is 0 Å². The molecular formula is C22H19Br2ClNRu. The fourth-order valence-electron chi connectivity index (χ4n) is 2.92. The molecule has 141 valence electrons. The third-order valence-corrected chi connectivity index (χ3v) is 6.48. The van der Waals surface area contributed by atoms with Crippen molar-refractivity contribution in [1.82, 2.24) is 4.90 Å². The molecule has 0 N–H and O–H groups in total. The van der Waals surface area contributed by atoms with E-state index in [1.54, 1.807) is 0 Å². The van der Waals surface area contributed by atoms with Crippen LogP contribution in [-0.2, 0) is 35.3 Å². The maximum atomic E-state index is 6.05. The van der Waals surface area contributed by atoms with Gasteiger partial charge in [0.15, 0.2) is 0 Å². The van der Waals surface area contributed by atoms with Gasteiger partial charge in [-0.25, -0.2) is 0 Å². The molecule has 0 aliphatic rings. The van der Waals surface area contributed by atoms with Gasteiger partial charge in [-0.05, 0) is 0 Å². The predicted molar refractivity (Wildman–Crippen MR) is 119 cm³/mol. The Morgan fingerprint density at radius 3 is 1.78 bits per heavy atom. The standard InChI is InChI=1S/C22H19Br2N.ClH.Ru/c1-17-4-2-3-5-20(17)16-25(14-18-6-10-21(23)11-7-18)15-19-8-12-22(24)13-9-19;;/h1-13H,14-16H2;1H;/q;;+1/p-1. The molecule has 0 aliphatic heterocycles. The molecular weight excluding hydrogens is 575 g/mol. The van der Waals surface area contributed by atoms with Crippen LogP contribution < -0.4 is 0 Å². The molecule has 0 heterocycles. The molecule has 0 radical (unpaired) electrons. The summed E-state index contributed by atoms with van der Waals surface area (Å²) in [6.45, 7) is 2.67. The molecule has 3 rings (SSSR count). The van der Waals surface area contributed by atoms with Gasteiger partial charge >= 0.3 is 190 Å². The van der Waals surface area contributed by atoms with Crippen molar-refractivity contribution in [2.75, 3.05) is 0 Å². The van der Waals surface area contributed by atoms with Gasteiger partial charge in [0.05, 0.1) is 0 Å². The first kappa shape index (κ1) is 21.1. The Labute approximate surface area is 189 Å². The van der Waals surface area contributed by atoms with Crippen molar-refractivity contribution in [2.45, 2.75) is 19.6 Å². The molecule has 0 aromatic heterocycles. The van der Waals surface area contributed by atoms with Crippen LogP contribution in [0.4, 0.5) is 0 Å². The third-order valence-electron chi connectivity index (χ3n) is 4.24. The van der Waals surface area contributed by atoms with Crippen LogP contribution in [0.5, 0.6) is 0 Å². The fourth-order valence-corrected chi connectivity index (χ4v) is 4.64. The van der Waals surface area contributed by atoms with Gasteiger partial charge in [0, 0.05) is 0 Å². The molecule has 27 heavy (non-hydrogen) atoms. The Balaban J connectivity index is 1.84. The average Bonchev–Trinajstić information content (AvgIpc) is 2.67. The predicted octanol–water partition coefficient (Wildman–Crippen LogP) is 6.80. The van der Waals surface area contributed by atoms with E-state index in [2.05, 4.69) is 114 Å². The van der Waals surface area contributed by atoms with Crippen LogP contribution in [0.25, 0.3) is 0 Å². The molecule has 1 nitrogen and oxygen atoms in total. The Morgan fingerprint density at radius 1 is 0.741 bits per heavy atom. The van der Waals surface area contributed by atoms with E-state index < -0.39 is 0 Å². The third kappa shape index (κ3) is 6.73. The molecule has 5 heteroatoms. The van der Waals surface area contributed by atoms with Crippen molar-refractivity contribution >= 4 is 46.2 Å². The van der Waals surface area contributed by atoms with E-state index in [0.29, 0.717) is 0 Å². The minimum absolute atomic E-state index is 0.233. The molecule has 0 spiro atoms. The summed E-state index contributed by atoms with van der Waals surface area (Å²) in [5.41, 5.74) is 5.18. The van der Waals surface area contributed by atoms with Crippen molar-refractivity contribution in [3.8, 4) is 0 Å². The Hall–Kier alpha value is -0.637. The number of nitrogens with zero attached hydrogens (tertiary/aromatic N) is 1. The Kier molecular flexibility index (Phi) is 8.42. The zero-order valence-corrected chi connectivity index (χ0v) is 20.2. The molecule has 0 unspecified atom stereocenters. The second-order valence-electron chi connectivity index (χ2n) is 6.28. The van der Waals surface area contributed by atoms with E-state index in [1.165, 1.54) is 22.3 Å². The summed E-state index contributed by atoms with van der Waals surface area (Å²) < 4.78 is 4.38. The van der Waals surface area contributed by atoms with E-state index in [9.17, 15) is 0 Å². The maximum absolute atomic E-state index is 6.05. The monoisotopic (exact) mass is 592 g/mol. The first-order valence-corrected chi connectivity index (χ1v) is 13.3. The van der Waals surface area contributed by atoms with E-state index >= 15 is 0 Å². The number of hydrogen-bond donors (Lipinski definition) is 0. The van der Waals surface area contributed by atoms with Crippen LogP contribution in [-0.4, -0.2) is 9.51 Å². The SMILES string of the molecule is [Cl][Ru]=[CH]c1ccccc1CN(Cc1ccc(Br)cc1)Cc1ccc(Br)cc1. The van der Waals surface area contributed by atoms with Gasteiger partial charge in [0.25, 0.3) is 0 Å². The molecule has 0 amide bonds. The van der Waals surface area contributed by atoms with Crippen LogP contribution >= 0.6 is 41.6 Å². The van der Waals surface area contributed by atoms with Crippen LogP contribution in [0.1, 0.15) is 22.3 Å². The fraction of sp³-hybridized carbons (Fsp3) is 0.136. The van der Waals surface area contributed by atoms with Crippen LogP contribution in [0.2, 0.25) is 0 Å². The van der Waals surface area contributed by atoms with Crippen molar-refractivity contribution in [2.24, 2.45) is 0 Å². The van der Waals surface area contributed by atoms with E-state index in [4.69, 9.17) is 9.69 Å². The van der Waals surface area contributed by atoms with Crippen LogP contribution in [0.3, 0.4) is 0 Å². The first-order chi connectivity index (χ1) is 13.1. The van der Waals surface area contributed by atoms with Gasteiger partial charge < -0.3 is 0 Å². The van der Waals surface area contributed by atoms with E-state index in [1.807, 2.05) is 0 Å². The second-order valence-corrected chi connectivity index (χ2v) is 9.90. The van der Waals surface area contributed by atoms with E-state index in [-0.39, 0.29) is 15.7 Å². The average molecular weight is 594 g/mol. The zero-order chi connectivity index (χ0) is 19.1. The van der Waals surface area contributed by atoms with Gasteiger partial charge in [-0.3, -0.25) is 0 Å². The number of benzene rings is 3. The number of hydrogen-bond acceptors (Lipinski definition) is 1. The van der Waals surface area contributed by atoms with Gasteiger partial charge in [0.1, 0.15) is 0 Å². The Bertz CT molecular complexity index is 847. The first-order valence-electron chi connectivity index (χ1n) is 8.48. The molecule has 0 aliphatic carbocycles. The summed E-state index contributed by atoms with van der Waals surface area (Å²) in [4.78, 5) is 2.48. The summed E-state index contributed by atoms with van der Waals surface area (Å²) in [6, 6.07) is 25.7. The number of halogens is 3. The summed E-state index contributed by atoms with van der Waals surface area (Å²) in [5, 5.41) is 0. The van der Waals surface area contributed by atoms with Crippen LogP contribution in [0.15, 0.2) is 81.7 Å². The minimum atomic E-state index is -0.233. The summed E-state index contributed by atoms with van der Waals surface area (Å²) in [6.07, 6.45) is 0.